The van der Waals surface area contributed by atoms with Gasteiger partial charge in [-0.3, -0.25) is 0 Å². The number of benzene rings is 2. The Morgan fingerprint density at radius 3 is 2.81 bits per heavy atom. The van der Waals surface area contributed by atoms with E-state index in [0.29, 0.717) is 24.1 Å². The number of aromatic nitrogens is 4. The molecule has 0 aliphatic carbocycles. The fourth-order valence-corrected chi connectivity index (χ4v) is 3.48. The van der Waals surface area contributed by atoms with Gasteiger partial charge < -0.3 is 13.8 Å². The van der Waals surface area contributed by atoms with Gasteiger partial charge >= 0.3 is 0 Å². The molecule has 5 rings (SSSR count). The van der Waals surface area contributed by atoms with Gasteiger partial charge in [0.1, 0.15) is 6.10 Å². The van der Waals surface area contributed by atoms with E-state index in [2.05, 4.69) is 39.4 Å². The van der Waals surface area contributed by atoms with Gasteiger partial charge in [-0.05, 0) is 17.5 Å². The highest BCUT2D eigenvalue weighted by Gasteiger charge is 2.23. The lowest BCUT2D eigenvalue weighted by Gasteiger charge is -2.26. The quantitative estimate of drug-likeness (QED) is 0.553. The van der Waals surface area contributed by atoms with Gasteiger partial charge in [0.05, 0.1) is 13.2 Å². The van der Waals surface area contributed by atoms with Crippen LogP contribution >= 0.6 is 0 Å². The van der Waals surface area contributed by atoms with Crippen LogP contribution in [0.2, 0.25) is 0 Å². The Morgan fingerprint density at radius 2 is 1.89 bits per heavy atom. The molecule has 2 aromatic heterocycles. The monoisotopic (exact) mass is 358 g/mol. The molecule has 0 saturated heterocycles. The summed E-state index contributed by atoms with van der Waals surface area (Å²) < 4.78 is 13.5. The summed E-state index contributed by atoms with van der Waals surface area (Å²) in [6.45, 7) is 1.37. The molecule has 27 heavy (non-hydrogen) atoms. The van der Waals surface area contributed by atoms with Crippen LogP contribution in [0.25, 0.3) is 23.1 Å². The zero-order chi connectivity index (χ0) is 18.1. The van der Waals surface area contributed by atoms with Gasteiger partial charge in [-0.2, -0.15) is 4.98 Å². The third-order valence-corrected chi connectivity index (χ3v) is 4.82. The number of fused-ring (bicyclic) bond motifs is 1. The van der Waals surface area contributed by atoms with E-state index in [9.17, 15) is 0 Å². The smallest absolute Gasteiger partial charge is 0.294 e. The standard InChI is InChI=1S/C21H18N4O2/c1-2-7-16(8-3-1)19-23-21(27-24-19)20-22-11-12-25(20)14-18-17-9-5-4-6-15(17)10-13-26-18/h1-9,11-12,18H,10,13-14H2. The molecule has 1 aliphatic rings. The van der Waals surface area contributed by atoms with E-state index in [-0.39, 0.29) is 6.10 Å². The van der Waals surface area contributed by atoms with Crippen LogP contribution in [0.15, 0.2) is 71.5 Å². The van der Waals surface area contributed by atoms with Crippen molar-refractivity contribution >= 4 is 0 Å². The molecule has 3 heterocycles. The van der Waals surface area contributed by atoms with E-state index >= 15 is 0 Å². The molecule has 0 fully saturated rings. The lowest BCUT2D eigenvalue weighted by Crippen LogP contribution is -2.20. The number of ether oxygens (including phenoxy) is 1. The molecule has 0 bridgehead atoms. The van der Waals surface area contributed by atoms with Crippen LogP contribution in [0.4, 0.5) is 0 Å². The summed E-state index contributed by atoms with van der Waals surface area (Å²) in [5.41, 5.74) is 3.49. The Kier molecular flexibility index (Phi) is 4.03. The van der Waals surface area contributed by atoms with E-state index in [0.717, 1.165) is 18.6 Å². The topological polar surface area (TPSA) is 66.0 Å². The molecule has 2 aromatic carbocycles. The van der Waals surface area contributed by atoms with Crippen molar-refractivity contribution in [1.29, 1.82) is 0 Å². The lowest BCUT2D eigenvalue weighted by atomic mass is 9.97. The highest BCUT2D eigenvalue weighted by Crippen LogP contribution is 2.30. The molecule has 0 N–H and O–H groups in total. The maximum Gasteiger partial charge on any atom is 0.294 e. The summed E-state index contributed by atoms with van der Waals surface area (Å²) in [5.74, 6) is 1.61. The van der Waals surface area contributed by atoms with Crippen molar-refractivity contribution in [2.45, 2.75) is 19.1 Å². The van der Waals surface area contributed by atoms with Crippen LogP contribution in [0, 0.1) is 0 Å². The second-order valence-electron chi connectivity index (χ2n) is 6.50. The first-order valence-corrected chi connectivity index (χ1v) is 8.98. The molecule has 6 heteroatoms. The molecule has 134 valence electrons. The fourth-order valence-electron chi connectivity index (χ4n) is 3.48. The van der Waals surface area contributed by atoms with Crippen molar-refractivity contribution in [3.05, 3.63) is 78.1 Å². The zero-order valence-corrected chi connectivity index (χ0v) is 14.7. The fraction of sp³-hybridized carbons (Fsp3) is 0.190. The number of hydrogen-bond donors (Lipinski definition) is 0. The van der Waals surface area contributed by atoms with E-state index in [1.54, 1.807) is 6.20 Å². The van der Waals surface area contributed by atoms with Crippen LogP contribution in [-0.2, 0) is 17.7 Å². The molecule has 1 atom stereocenters. The second-order valence-corrected chi connectivity index (χ2v) is 6.50. The summed E-state index contributed by atoms with van der Waals surface area (Å²) in [7, 11) is 0. The largest absolute Gasteiger partial charge is 0.371 e. The van der Waals surface area contributed by atoms with Gasteiger partial charge in [-0.15, -0.1) is 0 Å². The Bertz CT molecular complexity index is 1050. The maximum absolute atomic E-state index is 6.03. The average Bonchev–Trinajstić information content (AvgIpc) is 3.38. The van der Waals surface area contributed by atoms with E-state index < -0.39 is 0 Å². The Labute approximate surface area is 156 Å². The minimum absolute atomic E-state index is 0.0144. The number of rotatable bonds is 4. The van der Waals surface area contributed by atoms with Crippen LogP contribution in [0.1, 0.15) is 17.2 Å². The summed E-state index contributed by atoms with van der Waals surface area (Å²) in [4.78, 5) is 8.95. The van der Waals surface area contributed by atoms with Crippen molar-refractivity contribution in [2.75, 3.05) is 6.61 Å². The number of nitrogens with zero attached hydrogens (tertiary/aromatic N) is 4. The SMILES string of the molecule is c1ccc(-c2noc(-c3nccn3CC3OCCc4ccccc43)n2)cc1. The van der Waals surface area contributed by atoms with Crippen LogP contribution in [0.5, 0.6) is 0 Å². The third-order valence-electron chi connectivity index (χ3n) is 4.82. The number of hydrogen-bond acceptors (Lipinski definition) is 5. The van der Waals surface area contributed by atoms with Crippen molar-refractivity contribution in [1.82, 2.24) is 19.7 Å². The molecular weight excluding hydrogens is 340 g/mol. The molecule has 6 nitrogen and oxygen atoms in total. The molecule has 4 aromatic rings. The molecule has 0 amide bonds. The minimum atomic E-state index is -0.0144. The van der Waals surface area contributed by atoms with Gasteiger partial charge in [0, 0.05) is 18.0 Å². The van der Waals surface area contributed by atoms with Gasteiger partial charge in [-0.25, -0.2) is 4.98 Å². The van der Waals surface area contributed by atoms with Crippen molar-refractivity contribution in [3.8, 4) is 23.1 Å². The molecule has 0 saturated carbocycles. The maximum atomic E-state index is 6.03. The van der Waals surface area contributed by atoms with Crippen molar-refractivity contribution in [3.63, 3.8) is 0 Å². The van der Waals surface area contributed by atoms with Gasteiger partial charge in [0.25, 0.3) is 5.89 Å². The average molecular weight is 358 g/mol. The Hall–Kier alpha value is -3.25. The van der Waals surface area contributed by atoms with Gasteiger partial charge in [0.2, 0.25) is 5.82 Å². The predicted molar refractivity (Wildman–Crippen MR) is 99.8 cm³/mol. The van der Waals surface area contributed by atoms with E-state index in [4.69, 9.17) is 9.26 Å². The van der Waals surface area contributed by atoms with Crippen LogP contribution in [-0.4, -0.2) is 26.3 Å². The Balaban J connectivity index is 1.44. The second kappa shape index (κ2) is 6.81. The van der Waals surface area contributed by atoms with Crippen LogP contribution in [0.3, 0.4) is 0 Å². The molecule has 1 unspecified atom stereocenters. The highest BCUT2D eigenvalue weighted by atomic mass is 16.5. The van der Waals surface area contributed by atoms with E-state index in [1.165, 1.54) is 11.1 Å². The molecular formula is C21H18N4O2. The first-order valence-electron chi connectivity index (χ1n) is 8.98. The molecule has 1 aliphatic heterocycles. The summed E-state index contributed by atoms with van der Waals surface area (Å²) in [6.07, 6.45) is 4.60. The first kappa shape index (κ1) is 16.0. The number of imidazole rings is 1. The van der Waals surface area contributed by atoms with Crippen LogP contribution < -0.4 is 0 Å². The summed E-state index contributed by atoms with van der Waals surface area (Å²) in [6, 6.07) is 18.2. The van der Waals surface area contributed by atoms with E-state index in [1.807, 2.05) is 41.1 Å². The molecule has 0 radical (unpaired) electrons. The normalized spacial score (nSPS) is 16.2. The summed E-state index contributed by atoms with van der Waals surface area (Å²) >= 11 is 0. The van der Waals surface area contributed by atoms with Gasteiger partial charge in [0.15, 0.2) is 5.82 Å². The summed E-state index contributed by atoms with van der Waals surface area (Å²) in [5, 5.41) is 4.10. The lowest BCUT2D eigenvalue weighted by molar-refractivity contribution is 0.0308. The minimum Gasteiger partial charge on any atom is -0.371 e. The third kappa shape index (κ3) is 3.04. The van der Waals surface area contributed by atoms with Crippen molar-refractivity contribution in [2.24, 2.45) is 0 Å². The highest BCUT2D eigenvalue weighted by molar-refractivity contribution is 5.56. The Morgan fingerprint density at radius 1 is 1.04 bits per heavy atom. The first-order chi connectivity index (χ1) is 13.4. The van der Waals surface area contributed by atoms with Gasteiger partial charge in [-0.1, -0.05) is 59.8 Å². The predicted octanol–water partition coefficient (Wildman–Crippen LogP) is 3.91. The molecule has 0 spiro atoms. The zero-order valence-electron chi connectivity index (χ0n) is 14.7. The van der Waals surface area contributed by atoms with Crippen molar-refractivity contribution < 1.29 is 9.26 Å².